The van der Waals surface area contributed by atoms with Crippen molar-refractivity contribution < 1.29 is 8.42 Å². The Morgan fingerprint density at radius 2 is 2.05 bits per heavy atom. The van der Waals surface area contributed by atoms with Gasteiger partial charge in [-0.2, -0.15) is 0 Å². The van der Waals surface area contributed by atoms with E-state index in [2.05, 4.69) is 15.0 Å². The highest BCUT2D eigenvalue weighted by atomic mass is 32.2. The highest BCUT2D eigenvalue weighted by Gasteiger charge is 2.10. The van der Waals surface area contributed by atoms with Crippen LogP contribution in [0.1, 0.15) is 20.3 Å². The quantitative estimate of drug-likeness (QED) is 0.770. The molecule has 21 heavy (non-hydrogen) atoms. The maximum Gasteiger partial charge on any atom is 0.232 e. The number of benzene rings is 1. The van der Waals surface area contributed by atoms with E-state index in [-0.39, 0.29) is 5.75 Å². The molecule has 2 rings (SSSR count). The molecule has 0 aliphatic carbocycles. The third-order valence-electron chi connectivity index (χ3n) is 3.02. The van der Waals surface area contributed by atoms with Crippen LogP contribution in [0.5, 0.6) is 0 Å². The van der Waals surface area contributed by atoms with Crippen molar-refractivity contribution in [1.82, 2.24) is 10.3 Å². The first-order valence-corrected chi connectivity index (χ1v) is 8.70. The molecule has 0 amide bonds. The van der Waals surface area contributed by atoms with Gasteiger partial charge in [-0.25, -0.2) is 8.42 Å². The number of anilines is 1. The molecule has 0 radical (unpaired) electrons. The van der Waals surface area contributed by atoms with Crippen molar-refractivity contribution in [3.05, 3.63) is 36.5 Å². The minimum absolute atomic E-state index is 0.109. The predicted octanol–water partition coefficient (Wildman–Crippen LogP) is 2.36. The van der Waals surface area contributed by atoms with Crippen molar-refractivity contribution in [3.63, 3.8) is 0 Å². The van der Waals surface area contributed by atoms with Crippen LogP contribution < -0.4 is 10.0 Å². The molecule has 1 aromatic carbocycles. The molecular formula is C15H21N3O2S. The third kappa shape index (κ3) is 4.99. The molecule has 0 saturated carbocycles. The van der Waals surface area contributed by atoms with Gasteiger partial charge in [-0.3, -0.25) is 9.71 Å². The maximum absolute atomic E-state index is 12.0. The SMILES string of the molecule is CC(C)NCCCS(=O)(=O)Nc1ccc2ncccc2c1. The first-order chi connectivity index (χ1) is 9.96. The Bertz CT molecular complexity index is 699. The zero-order valence-corrected chi connectivity index (χ0v) is 13.2. The molecule has 6 heteroatoms. The Labute approximate surface area is 125 Å². The van der Waals surface area contributed by atoms with Crippen molar-refractivity contribution in [3.8, 4) is 0 Å². The van der Waals surface area contributed by atoms with Crippen LogP contribution in [0.3, 0.4) is 0 Å². The molecule has 0 atom stereocenters. The Morgan fingerprint density at radius 1 is 1.24 bits per heavy atom. The van der Waals surface area contributed by atoms with E-state index in [1.54, 1.807) is 18.3 Å². The topological polar surface area (TPSA) is 71.1 Å². The van der Waals surface area contributed by atoms with E-state index in [9.17, 15) is 8.42 Å². The summed E-state index contributed by atoms with van der Waals surface area (Å²) in [6, 6.07) is 9.46. The second-order valence-electron chi connectivity index (χ2n) is 5.29. The van der Waals surface area contributed by atoms with Crippen LogP contribution in [0, 0.1) is 0 Å². The summed E-state index contributed by atoms with van der Waals surface area (Å²) in [4.78, 5) is 4.21. The lowest BCUT2D eigenvalue weighted by Gasteiger charge is -2.10. The van der Waals surface area contributed by atoms with Crippen molar-refractivity contribution in [2.24, 2.45) is 0 Å². The first-order valence-electron chi connectivity index (χ1n) is 7.05. The highest BCUT2D eigenvalue weighted by molar-refractivity contribution is 7.92. The summed E-state index contributed by atoms with van der Waals surface area (Å²) in [6.45, 7) is 4.77. The molecule has 0 fully saturated rings. The van der Waals surface area contributed by atoms with Crippen molar-refractivity contribution in [2.45, 2.75) is 26.3 Å². The van der Waals surface area contributed by atoms with Gasteiger partial charge in [-0.05, 0) is 37.2 Å². The van der Waals surface area contributed by atoms with Crippen LogP contribution >= 0.6 is 0 Å². The zero-order chi connectivity index (χ0) is 15.3. The molecule has 0 unspecified atom stereocenters. The van der Waals surface area contributed by atoms with E-state index in [0.717, 1.165) is 10.9 Å². The van der Waals surface area contributed by atoms with Crippen molar-refractivity contribution >= 4 is 26.6 Å². The Kier molecular flexibility index (Phi) is 5.14. The number of rotatable bonds is 7. The van der Waals surface area contributed by atoms with Crippen LogP contribution in [-0.2, 0) is 10.0 Å². The first kappa shape index (κ1) is 15.7. The van der Waals surface area contributed by atoms with Gasteiger partial charge < -0.3 is 5.32 Å². The minimum Gasteiger partial charge on any atom is -0.314 e. The van der Waals surface area contributed by atoms with Gasteiger partial charge in [-0.15, -0.1) is 0 Å². The van der Waals surface area contributed by atoms with Crippen LogP contribution in [0.2, 0.25) is 0 Å². The number of sulfonamides is 1. The fourth-order valence-corrected chi connectivity index (χ4v) is 3.14. The fourth-order valence-electron chi connectivity index (χ4n) is 2.02. The zero-order valence-electron chi connectivity index (χ0n) is 12.3. The number of aromatic nitrogens is 1. The van der Waals surface area contributed by atoms with Crippen LogP contribution in [0.25, 0.3) is 10.9 Å². The van der Waals surface area contributed by atoms with Gasteiger partial charge in [0.2, 0.25) is 10.0 Å². The Balaban J connectivity index is 1.98. The van der Waals surface area contributed by atoms with Gasteiger partial charge in [0, 0.05) is 23.3 Å². The van der Waals surface area contributed by atoms with Gasteiger partial charge >= 0.3 is 0 Å². The number of hydrogen-bond donors (Lipinski definition) is 2. The standard InChI is InChI=1S/C15H21N3O2S/c1-12(2)16-9-4-10-21(19,20)18-14-6-7-15-13(11-14)5-3-8-17-15/h3,5-8,11-12,16,18H,4,9-10H2,1-2H3. The van der Waals surface area contributed by atoms with E-state index in [4.69, 9.17) is 0 Å². The lowest BCUT2D eigenvalue weighted by Crippen LogP contribution is -2.26. The van der Waals surface area contributed by atoms with Crippen molar-refractivity contribution in [1.29, 1.82) is 0 Å². The number of pyridine rings is 1. The summed E-state index contributed by atoms with van der Waals surface area (Å²) < 4.78 is 26.7. The van der Waals surface area contributed by atoms with Crippen LogP contribution in [0.4, 0.5) is 5.69 Å². The Morgan fingerprint density at radius 3 is 2.81 bits per heavy atom. The van der Waals surface area contributed by atoms with Crippen LogP contribution in [0.15, 0.2) is 36.5 Å². The molecule has 1 aromatic heterocycles. The number of fused-ring (bicyclic) bond motifs is 1. The normalized spacial score (nSPS) is 12.0. The predicted molar refractivity (Wildman–Crippen MR) is 86.9 cm³/mol. The molecule has 0 aliphatic heterocycles. The molecule has 5 nitrogen and oxygen atoms in total. The largest absolute Gasteiger partial charge is 0.314 e. The van der Waals surface area contributed by atoms with E-state index in [1.807, 2.05) is 32.0 Å². The van der Waals surface area contributed by atoms with E-state index in [1.165, 1.54) is 0 Å². The van der Waals surface area contributed by atoms with Gasteiger partial charge in [0.1, 0.15) is 0 Å². The van der Waals surface area contributed by atoms with Gasteiger partial charge in [0.05, 0.1) is 11.3 Å². The summed E-state index contributed by atoms with van der Waals surface area (Å²) in [6.07, 6.45) is 2.30. The molecule has 0 bridgehead atoms. The molecule has 0 spiro atoms. The lowest BCUT2D eigenvalue weighted by molar-refractivity contribution is 0.571. The molecular weight excluding hydrogens is 286 g/mol. The molecule has 2 N–H and O–H groups in total. The van der Waals surface area contributed by atoms with E-state index >= 15 is 0 Å². The summed E-state index contributed by atoms with van der Waals surface area (Å²) >= 11 is 0. The summed E-state index contributed by atoms with van der Waals surface area (Å²) in [5.41, 5.74) is 1.42. The monoisotopic (exact) mass is 307 g/mol. The molecule has 0 saturated heterocycles. The average molecular weight is 307 g/mol. The smallest absolute Gasteiger partial charge is 0.232 e. The molecule has 114 valence electrons. The summed E-state index contributed by atoms with van der Waals surface area (Å²) in [5.74, 6) is 0.109. The van der Waals surface area contributed by atoms with E-state index < -0.39 is 10.0 Å². The van der Waals surface area contributed by atoms with Crippen LogP contribution in [-0.4, -0.2) is 31.7 Å². The second-order valence-corrected chi connectivity index (χ2v) is 7.14. The number of hydrogen-bond acceptors (Lipinski definition) is 4. The average Bonchev–Trinajstić information content (AvgIpc) is 2.43. The highest BCUT2D eigenvalue weighted by Crippen LogP contribution is 2.18. The van der Waals surface area contributed by atoms with Gasteiger partial charge in [0.15, 0.2) is 0 Å². The molecule has 0 aliphatic rings. The Hall–Kier alpha value is -1.66. The molecule has 2 aromatic rings. The number of nitrogens with one attached hydrogen (secondary N) is 2. The van der Waals surface area contributed by atoms with E-state index in [0.29, 0.717) is 24.7 Å². The summed E-state index contributed by atoms with van der Waals surface area (Å²) in [7, 11) is -3.31. The minimum atomic E-state index is -3.31. The van der Waals surface area contributed by atoms with Crippen molar-refractivity contribution in [2.75, 3.05) is 17.0 Å². The maximum atomic E-state index is 12.0. The van der Waals surface area contributed by atoms with Gasteiger partial charge in [0.25, 0.3) is 0 Å². The fraction of sp³-hybridized carbons (Fsp3) is 0.400. The lowest BCUT2D eigenvalue weighted by atomic mass is 10.2. The third-order valence-corrected chi connectivity index (χ3v) is 4.39. The molecule has 1 heterocycles. The number of nitrogens with zero attached hydrogens (tertiary/aromatic N) is 1. The summed E-state index contributed by atoms with van der Waals surface area (Å²) in [5, 5.41) is 4.12. The second kappa shape index (κ2) is 6.87. The van der Waals surface area contributed by atoms with Gasteiger partial charge in [-0.1, -0.05) is 19.9 Å².